The molecule has 0 saturated heterocycles. The van der Waals surface area contributed by atoms with Crippen LogP contribution in [0.2, 0.25) is 0 Å². The van der Waals surface area contributed by atoms with Gasteiger partial charge in [-0.3, -0.25) is 10.1 Å². The average molecular weight is 337 g/mol. The van der Waals surface area contributed by atoms with E-state index in [-0.39, 0.29) is 20.9 Å². The Balaban J connectivity index is 2.50. The van der Waals surface area contributed by atoms with E-state index in [4.69, 9.17) is 10.2 Å². The summed E-state index contributed by atoms with van der Waals surface area (Å²) in [7, 11) is 0. The maximum atomic E-state index is 13.1. The van der Waals surface area contributed by atoms with Crippen LogP contribution < -0.4 is 0 Å². The Morgan fingerprint density at radius 3 is 2.26 bits per heavy atom. The van der Waals surface area contributed by atoms with E-state index in [0.717, 1.165) is 30.0 Å². The van der Waals surface area contributed by atoms with Crippen molar-refractivity contribution in [2.24, 2.45) is 0 Å². The van der Waals surface area contributed by atoms with Crippen LogP contribution in [0.25, 0.3) is 0 Å². The lowest BCUT2D eigenvalue weighted by atomic mass is 10.2. The maximum absolute atomic E-state index is 13.1. The number of aromatic carboxylic acids is 2. The second-order valence-electron chi connectivity index (χ2n) is 4.29. The topological polar surface area (TPSA) is 118 Å². The van der Waals surface area contributed by atoms with Crippen molar-refractivity contribution in [3.05, 3.63) is 63.5 Å². The Morgan fingerprint density at radius 2 is 1.70 bits per heavy atom. The first-order valence-corrected chi connectivity index (χ1v) is 6.83. The minimum absolute atomic E-state index is 0.0501. The van der Waals surface area contributed by atoms with Crippen molar-refractivity contribution in [3.63, 3.8) is 0 Å². The molecule has 0 aliphatic rings. The molecular formula is C14H8FNO6S. The Labute approximate surface area is 132 Å². The smallest absolute Gasteiger partial charge is 0.336 e. The summed E-state index contributed by atoms with van der Waals surface area (Å²) in [6.45, 7) is 0. The highest BCUT2D eigenvalue weighted by Crippen LogP contribution is 2.37. The van der Waals surface area contributed by atoms with E-state index in [2.05, 4.69) is 0 Å². The van der Waals surface area contributed by atoms with E-state index in [1.54, 1.807) is 0 Å². The van der Waals surface area contributed by atoms with Gasteiger partial charge in [-0.15, -0.1) is 0 Å². The van der Waals surface area contributed by atoms with Crippen LogP contribution in [0.15, 0.2) is 46.2 Å². The standard InChI is InChI=1S/C14H8FNO6S/c15-8-2-4-11(9(6-8)14(19)20)23-12-3-1-7(13(17)18)5-10(12)16(21)22/h1-6H,(H,17,18)(H,19,20). The van der Waals surface area contributed by atoms with Crippen LogP contribution in [-0.2, 0) is 0 Å². The molecule has 118 valence electrons. The van der Waals surface area contributed by atoms with Crippen molar-refractivity contribution in [3.8, 4) is 0 Å². The summed E-state index contributed by atoms with van der Waals surface area (Å²) in [6.07, 6.45) is 0. The zero-order chi connectivity index (χ0) is 17.1. The van der Waals surface area contributed by atoms with E-state index >= 15 is 0 Å². The van der Waals surface area contributed by atoms with Gasteiger partial charge in [0.25, 0.3) is 5.69 Å². The predicted octanol–water partition coefficient (Wildman–Crippen LogP) is 3.28. The van der Waals surface area contributed by atoms with Crippen LogP contribution in [0.1, 0.15) is 20.7 Å². The lowest BCUT2D eigenvalue weighted by molar-refractivity contribution is -0.387. The first-order chi connectivity index (χ1) is 10.8. The van der Waals surface area contributed by atoms with Gasteiger partial charge in [0.05, 0.1) is 20.9 Å². The summed E-state index contributed by atoms with van der Waals surface area (Å²) in [4.78, 5) is 32.5. The van der Waals surface area contributed by atoms with E-state index < -0.39 is 28.4 Å². The molecule has 0 bridgehead atoms. The number of carboxylic acids is 2. The fraction of sp³-hybridized carbons (Fsp3) is 0. The van der Waals surface area contributed by atoms with E-state index in [0.29, 0.717) is 0 Å². The van der Waals surface area contributed by atoms with Crippen molar-refractivity contribution in [2.45, 2.75) is 9.79 Å². The molecule has 2 rings (SSSR count). The van der Waals surface area contributed by atoms with Crippen molar-refractivity contribution in [1.82, 2.24) is 0 Å². The normalized spacial score (nSPS) is 10.3. The molecule has 2 aromatic rings. The van der Waals surface area contributed by atoms with E-state index in [1.807, 2.05) is 0 Å². The molecule has 0 aliphatic heterocycles. The highest BCUT2D eigenvalue weighted by atomic mass is 32.2. The van der Waals surface area contributed by atoms with Gasteiger partial charge in [0, 0.05) is 11.0 Å². The van der Waals surface area contributed by atoms with E-state index in [9.17, 15) is 24.1 Å². The molecule has 0 fully saturated rings. The summed E-state index contributed by atoms with van der Waals surface area (Å²) in [6, 6.07) is 6.30. The third-order valence-electron chi connectivity index (χ3n) is 2.79. The number of benzene rings is 2. The SMILES string of the molecule is O=C(O)c1ccc(Sc2ccc(F)cc2C(=O)O)c([N+](=O)[O-])c1. The summed E-state index contributed by atoms with van der Waals surface area (Å²) in [5.41, 5.74) is -1.08. The molecule has 2 N–H and O–H groups in total. The quantitative estimate of drug-likeness (QED) is 0.635. The molecule has 0 atom stereocenters. The zero-order valence-electron chi connectivity index (χ0n) is 11.2. The van der Waals surface area contributed by atoms with Gasteiger partial charge in [-0.25, -0.2) is 14.0 Å². The molecule has 0 amide bonds. The molecular weight excluding hydrogens is 329 g/mol. The number of halogens is 1. The third kappa shape index (κ3) is 3.64. The van der Waals surface area contributed by atoms with Gasteiger partial charge in [-0.1, -0.05) is 11.8 Å². The highest BCUT2D eigenvalue weighted by Gasteiger charge is 2.20. The number of carboxylic acid groups (broad SMARTS) is 2. The molecule has 0 unspecified atom stereocenters. The molecule has 23 heavy (non-hydrogen) atoms. The monoisotopic (exact) mass is 337 g/mol. The minimum Gasteiger partial charge on any atom is -0.478 e. The third-order valence-corrected chi connectivity index (χ3v) is 3.94. The predicted molar refractivity (Wildman–Crippen MR) is 77.5 cm³/mol. The Kier molecular flexibility index (Phi) is 4.60. The number of hydrogen-bond acceptors (Lipinski definition) is 5. The lowest BCUT2D eigenvalue weighted by Gasteiger charge is -2.07. The minimum atomic E-state index is -1.38. The molecule has 9 heteroatoms. The zero-order valence-corrected chi connectivity index (χ0v) is 12.0. The van der Waals surface area contributed by atoms with Gasteiger partial charge in [0.15, 0.2) is 0 Å². The number of nitro groups is 1. The summed E-state index contributed by atoms with van der Waals surface area (Å²) in [5.74, 6) is -3.45. The first kappa shape index (κ1) is 16.4. The molecule has 0 saturated carbocycles. The number of rotatable bonds is 5. The number of nitrogens with zero attached hydrogens (tertiary/aromatic N) is 1. The molecule has 0 radical (unpaired) electrons. The second kappa shape index (κ2) is 6.44. The van der Waals surface area contributed by atoms with Gasteiger partial charge in [-0.2, -0.15) is 0 Å². The van der Waals surface area contributed by atoms with Crippen molar-refractivity contribution in [1.29, 1.82) is 0 Å². The largest absolute Gasteiger partial charge is 0.478 e. The van der Waals surface area contributed by atoms with Gasteiger partial charge >= 0.3 is 11.9 Å². The van der Waals surface area contributed by atoms with Crippen LogP contribution in [0.3, 0.4) is 0 Å². The van der Waals surface area contributed by atoms with Crippen molar-refractivity contribution in [2.75, 3.05) is 0 Å². The van der Waals surface area contributed by atoms with Gasteiger partial charge < -0.3 is 10.2 Å². The molecule has 2 aromatic carbocycles. The Morgan fingerprint density at radius 1 is 1.04 bits per heavy atom. The second-order valence-corrected chi connectivity index (χ2v) is 5.38. The van der Waals surface area contributed by atoms with Gasteiger partial charge in [-0.05, 0) is 30.3 Å². The summed E-state index contributed by atoms with van der Waals surface area (Å²) < 4.78 is 13.1. The first-order valence-electron chi connectivity index (χ1n) is 6.02. The Bertz CT molecular complexity index is 823. The Hall–Kier alpha value is -2.94. The number of carbonyl (C=O) groups is 2. The fourth-order valence-electron chi connectivity index (χ4n) is 1.76. The summed E-state index contributed by atoms with van der Waals surface area (Å²) in [5, 5.41) is 29.0. The summed E-state index contributed by atoms with van der Waals surface area (Å²) >= 11 is 0.745. The van der Waals surface area contributed by atoms with Crippen LogP contribution >= 0.6 is 11.8 Å². The van der Waals surface area contributed by atoms with E-state index in [1.165, 1.54) is 18.2 Å². The molecule has 0 aliphatic carbocycles. The average Bonchev–Trinajstić information content (AvgIpc) is 2.48. The van der Waals surface area contributed by atoms with Crippen LogP contribution in [0.5, 0.6) is 0 Å². The fourth-order valence-corrected chi connectivity index (χ4v) is 2.76. The lowest BCUT2D eigenvalue weighted by Crippen LogP contribution is -2.01. The molecule has 0 aromatic heterocycles. The van der Waals surface area contributed by atoms with Crippen molar-refractivity contribution < 1.29 is 29.1 Å². The molecule has 0 spiro atoms. The maximum Gasteiger partial charge on any atom is 0.336 e. The molecule has 7 nitrogen and oxygen atoms in total. The van der Waals surface area contributed by atoms with Crippen molar-refractivity contribution >= 4 is 29.4 Å². The highest BCUT2D eigenvalue weighted by molar-refractivity contribution is 7.99. The van der Waals surface area contributed by atoms with Gasteiger partial charge in [0.2, 0.25) is 0 Å². The number of nitro benzene ring substituents is 1. The molecule has 0 heterocycles. The van der Waals surface area contributed by atoms with Crippen LogP contribution in [-0.4, -0.2) is 27.1 Å². The van der Waals surface area contributed by atoms with Crippen LogP contribution in [0, 0.1) is 15.9 Å². The number of hydrogen-bond donors (Lipinski definition) is 2. The van der Waals surface area contributed by atoms with Crippen LogP contribution in [0.4, 0.5) is 10.1 Å². The van der Waals surface area contributed by atoms with Gasteiger partial charge in [0.1, 0.15) is 5.82 Å².